The van der Waals surface area contributed by atoms with Gasteiger partial charge in [-0.3, -0.25) is 14.1 Å². The third kappa shape index (κ3) is 18.1. The van der Waals surface area contributed by atoms with Crippen LogP contribution in [-0.4, -0.2) is 70.3 Å². The first-order valence-corrected chi connectivity index (χ1v) is 12.7. The Hall–Kier alpha value is -1.23. The van der Waals surface area contributed by atoms with Crippen molar-refractivity contribution in [3.05, 3.63) is 0 Å². The van der Waals surface area contributed by atoms with Crippen molar-refractivity contribution in [3.8, 4) is 0 Å². The largest absolute Gasteiger partial charge is 0.466 e. The summed E-state index contributed by atoms with van der Waals surface area (Å²) >= 11 is 0. The molecule has 1 N–H and O–H groups in total. The number of unbranched alkanes of at least 4 members (excludes halogenated alkanes) is 9. The van der Waals surface area contributed by atoms with Crippen LogP contribution in [0, 0.1) is 0 Å². The van der Waals surface area contributed by atoms with E-state index in [-0.39, 0.29) is 19.8 Å². The summed E-state index contributed by atoms with van der Waals surface area (Å²) < 4.78 is 51.8. The minimum atomic E-state index is -4.80. The molecule has 1 unspecified atom stereocenters. The van der Waals surface area contributed by atoms with Crippen LogP contribution in [0.1, 0.15) is 77.6 Å². The van der Waals surface area contributed by atoms with E-state index in [0.29, 0.717) is 19.6 Å². The van der Waals surface area contributed by atoms with Gasteiger partial charge in [-0.2, -0.15) is 8.42 Å². The van der Waals surface area contributed by atoms with E-state index in [2.05, 4.69) is 6.92 Å². The molecule has 0 aliphatic heterocycles. The van der Waals surface area contributed by atoms with Crippen LogP contribution in [0.15, 0.2) is 0 Å². The maximum absolute atomic E-state index is 11.9. The Morgan fingerprint density at radius 3 is 1.87 bits per heavy atom. The highest BCUT2D eigenvalue weighted by Gasteiger charge is 2.35. The van der Waals surface area contributed by atoms with Crippen molar-refractivity contribution in [2.75, 3.05) is 40.1 Å². The van der Waals surface area contributed by atoms with Gasteiger partial charge in [0, 0.05) is 7.11 Å². The minimum Gasteiger partial charge on any atom is -0.466 e. The van der Waals surface area contributed by atoms with Gasteiger partial charge in [0.15, 0.2) is 5.25 Å². The van der Waals surface area contributed by atoms with E-state index < -0.39 is 33.7 Å². The first-order valence-electron chi connectivity index (χ1n) is 11.2. The molecule has 1 atom stereocenters. The standard InChI is InChI=1S/C21H40O9S/c1-3-4-5-6-7-8-9-10-11-12-13-29-20(22)18-19(31(24,25)26)21(23)30-17-16-28-15-14-27-2/h19H,3-18H2,1-2H3,(H,24,25,26). The Balaban J connectivity index is 3.98. The molecule has 0 aromatic rings. The third-order valence-corrected chi connectivity index (χ3v) is 5.72. The van der Waals surface area contributed by atoms with Gasteiger partial charge < -0.3 is 18.9 Å². The Labute approximate surface area is 186 Å². The summed E-state index contributed by atoms with van der Waals surface area (Å²) in [6, 6.07) is 0. The van der Waals surface area contributed by atoms with E-state index in [4.69, 9.17) is 18.9 Å². The molecule has 31 heavy (non-hydrogen) atoms. The van der Waals surface area contributed by atoms with E-state index in [9.17, 15) is 22.6 Å². The number of methoxy groups -OCH3 is 1. The number of rotatable bonds is 21. The van der Waals surface area contributed by atoms with Gasteiger partial charge in [0.05, 0.1) is 32.8 Å². The lowest BCUT2D eigenvalue weighted by Gasteiger charge is -2.13. The van der Waals surface area contributed by atoms with Gasteiger partial charge in [-0.1, -0.05) is 64.7 Å². The van der Waals surface area contributed by atoms with Gasteiger partial charge in [0.25, 0.3) is 10.1 Å². The Morgan fingerprint density at radius 2 is 1.32 bits per heavy atom. The zero-order valence-electron chi connectivity index (χ0n) is 19.0. The molecule has 0 rings (SSSR count). The molecule has 0 amide bonds. The van der Waals surface area contributed by atoms with Crippen LogP contribution in [0.2, 0.25) is 0 Å². The monoisotopic (exact) mass is 468 g/mol. The van der Waals surface area contributed by atoms with Gasteiger partial charge in [0.2, 0.25) is 0 Å². The molecule has 0 saturated carbocycles. The van der Waals surface area contributed by atoms with Gasteiger partial charge in [-0.25, -0.2) is 0 Å². The second kappa shape index (κ2) is 19.5. The SMILES string of the molecule is CCCCCCCCCCCCOC(=O)CC(C(=O)OCCOCCOC)S(=O)(=O)O. The summed E-state index contributed by atoms with van der Waals surface area (Å²) in [7, 11) is -3.29. The summed E-state index contributed by atoms with van der Waals surface area (Å²) in [6.45, 7) is 2.84. The molecule has 184 valence electrons. The molecule has 0 aromatic carbocycles. The molecule has 0 aliphatic carbocycles. The van der Waals surface area contributed by atoms with Crippen molar-refractivity contribution in [2.45, 2.75) is 82.8 Å². The van der Waals surface area contributed by atoms with Crippen LogP contribution in [0.25, 0.3) is 0 Å². The summed E-state index contributed by atoms with van der Waals surface area (Å²) in [4.78, 5) is 23.8. The lowest BCUT2D eigenvalue weighted by Crippen LogP contribution is -2.35. The van der Waals surface area contributed by atoms with Crippen molar-refractivity contribution in [2.24, 2.45) is 0 Å². The molecule has 0 fully saturated rings. The van der Waals surface area contributed by atoms with Crippen LogP contribution in [0.3, 0.4) is 0 Å². The van der Waals surface area contributed by atoms with Gasteiger partial charge in [0.1, 0.15) is 6.61 Å². The highest BCUT2D eigenvalue weighted by molar-refractivity contribution is 7.87. The highest BCUT2D eigenvalue weighted by atomic mass is 32.2. The number of hydrogen-bond acceptors (Lipinski definition) is 8. The van der Waals surface area contributed by atoms with E-state index in [1.165, 1.54) is 45.6 Å². The number of hydrogen-bond donors (Lipinski definition) is 1. The fourth-order valence-electron chi connectivity index (χ4n) is 2.83. The van der Waals surface area contributed by atoms with Crippen LogP contribution in [-0.2, 0) is 38.7 Å². The molecule has 0 bridgehead atoms. The third-order valence-electron chi connectivity index (χ3n) is 4.64. The number of esters is 2. The van der Waals surface area contributed by atoms with Gasteiger partial charge in [-0.15, -0.1) is 0 Å². The number of carbonyl (C=O) groups excluding carboxylic acids is 2. The van der Waals surface area contributed by atoms with Crippen molar-refractivity contribution in [1.29, 1.82) is 0 Å². The van der Waals surface area contributed by atoms with E-state index in [0.717, 1.165) is 19.3 Å². The van der Waals surface area contributed by atoms with Crippen molar-refractivity contribution in [1.82, 2.24) is 0 Å². The zero-order valence-corrected chi connectivity index (χ0v) is 19.8. The molecule has 9 nitrogen and oxygen atoms in total. The smallest absolute Gasteiger partial charge is 0.327 e. The molecule has 0 saturated heterocycles. The van der Waals surface area contributed by atoms with Crippen LogP contribution in [0.4, 0.5) is 0 Å². The summed E-state index contributed by atoms with van der Waals surface area (Å²) in [5.74, 6) is -2.08. The van der Waals surface area contributed by atoms with Crippen LogP contribution >= 0.6 is 0 Å². The molecular formula is C21H40O9S. The quantitative estimate of drug-likeness (QED) is 0.153. The zero-order chi connectivity index (χ0) is 23.4. The average Bonchev–Trinajstić information content (AvgIpc) is 2.71. The highest BCUT2D eigenvalue weighted by Crippen LogP contribution is 2.12. The first-order chi connectivity index (χ1) is 14.8. The van der Waals surface area contributed by atoms with Gasteiger partial charge in [-0.05, 0) is 6.42 Å². The van der Waals surface area contributed by atoms with E-state index >= 15 is 0 Å². The Kier molecular flexibility index (Phi) is 18.7. The predicted molar refractivity (Wildman–Crippen MR) is 116 cm³/mol. The van der Waals surface area contributed by atoms with Crippen LogP contribution < -0.4 is 0 Å². The number of carbonyl (C=O) groups is 2. The maximum atomic E-state index is 11.9. The first kappa shape index (κ1) is 29.8. The van der Waals surface area contributed by atoms with Crippen molar-refractivity contribution >= 4 is 22.1 Å². The molecular weight excluding hydrogens is 428 g/mol. The normalized spacial score (nSPS) is 12.5. The lowest BCUT2D eigenvalue weighted by molar-refractivity contribution is -0.151. The molecule has 0 aromatic heterocycles. The second-order valence-electron chi connectivity index (χ2n) is 7.38. The van der Waals surface area contributed by atoms with Crippen LogP contribution in [0.5, 0.6) is 0 Å². The molecule has 0 aliphatic rings. The fraction of sp³-hybridized carbons (Fsp3) is 0.905. The van der Waals surface area contributed by atoms with E-state index in [1.54, 1.807) is 0 Å². The van der Waals surface area contributed by atoms with Crippen molar-refractivity contribution < 1.29 is 41.5 Å². The molecule has 0 heterocycles. The van der Waals surface area contributed by atoms with E-state index in [1.807, 2.05) is 0 Å². The number of ether oxygens (including phenoxy) is 4. The summed E-state index contributed by atoms with van der Waals surface area (Å²) in [5.41, 5.74) is 0. The Morgan fingerprint density at radius 1 is 0.774 bits per heavy atom. The summed E-state index contributed by atoms with van der Waals surface area (Å²) in [5, 5.41) is -2.01. The minimum absolute atomic E-state index is 0.0382. The Bertz CT molecular complexity index is 563. The topological polar surface area (TPSA) is 125 Å². The summed E-state index contributed by atoms with van der Waals surface area (Å²) in [6.07, 6.45) is 10.6. The maximum Gasteiger partial charge on any atom is 0.327 e. The fourth-order valence-corrected chi connectivity index (χ4v) is 3.49. The second-order valence-corrected chi connectivity index (χ2v) is 8.98. The molecule has 0 radical (unpaired) electrons. The van der Waals surface area contributed by atoms with Crippen molar-refractivity contribution in [3.63, 3.8) is 0 Å². The van der Waals surface area contributed by atoms with Gasteiger partial charge >= 0.3 is 11.9 Å². The molecule has 10 heteroatoms. The average molecular weight is 469 g/mol. The predicted octanol–water partition coefficient (Wildman–Crippen LogP) is 3.30. The molecule has 0 spiro atoms. The lowest BCUT2D eigenvalue weighted by atomic mass is 10.1.